The summed E-state index contributed by atoms with van der Waals surface area (Å²) in [6.45, 7) is 2.12. The Morgan fingerprint density at radius 1 is 1.13 bits per heavy atom. The molecule has 0 fully saturated rings. The van der Waals surface area contributed by atoms with Gasteiger partial charge in [0.1, 0.15) is 5.75 Å². The Labute approximate surface area is 134 Å². The summed E-state index contributed by atoms with van der Waals surface area (Å²) in [7, 11) is 0. The van der Waals surface area contributed by atoms with Crippen molar-refractivity contribution in [2.45, 2.75) is 12.8 Å². The van der Waals surface area contributed by atoms with Crippen LogP contribution in [0.4, 0.5) is 0 Å². The second-order valence-electron chi connectivity index (χ2n) is 5.24. The zero-order valence-electron chi connectivity index (χ0n) is 12.9. The van der Waals surface area contributed by atoms with Gasteiger partial charge in [0.15, 0.2) is 6.61 Å². The number of carbonyl (C=O) groups is 2. The number of esters is 1. The lowest BCUT2D eigenvalue weighted by Gasteiger charge is -2.13. The quantitative estimate of drug-likeness (QED) is 0.803. The van der Waals surface area contributed by atoms with Crippen molar-refractivity contribution < 1.29 is 19.4 Å². The van der Waals surface area contributed by atoms with Gasteiger partial charge in [0.05, 0.1) is 5.56 Å². The molecule has 0 spiro atoms. The van der Waals surface area contributed by atoms with Crippen molar-refractivity contribution >= 4 is 11.9 Å². The maximum Gasteiger partial charge on any atom is 0.338 e. The number of phenols is 1. The minimum Gasteiger partial charge on any atom is -0.508 e. The fourth-order valence-corrected chi connectivity index (χ4v) is 2.06. The van der Waals surface area contributed by atoms with Crippen LogP contribution >= 0.6 is 0 Å². The zero-order valence-corrected chi connectivity index (χ0v) is 12.9. The number of amides is 1. The predicted molar refractivity (Wildman–Crippen MR) is 86.3 cm³/mol. The van der Waals surface area contributed by atoms with Gasteiger partial charge in [0.25, 0.3) is 5.91 Å². The number of hydrogen-bond donors (Lipinski definition) is 2. The van der Waals surface area contributed by atoms with Gasteiger partial charge in [-0.15, -0.1) is 0 Å². The Morgan fingerprint density at radius 2 is 1.87 bits per heavy atom. The molecule has 0 bridgehead atoms. The van der Waals surface area contributed by atoms with Gasteiger partial charge in [-0.3, -0.25) is 4.79 Å². The lowest BCUT2D eigenvalue weighted by atomic mass is 10.0. The highest BCUT2D eigenvalue weighted by Crippen LogP contribution is 2.13. The molecule has 5 nitrogen and oxygen atoms in total. The molecule has 0 saturated heterocycles. The van der Waals surface area contributed by atoms with Crippen molar-refractivity contribution in [1.29, 1.82) is 0 Å². The summed E-state index contributed by atoms with van der Waals surface area (Å²) < 4.78 is 4.92. The summed E-state index contributed by atoms with van der Waals surface area (Å²) in [6.07, 6.45) is 0. The molecule has 0 heterocycles. The molecule has 0 saturated carbocycles. The second-order valence-corrected chi connectivity index (χ2v) is 5.24. The normalized spacial score (nSPS) is 11.5. The summed E-state index contributed by atoms with van der Waals surface area (Å²) >= 11 is 0. The summed E-state index contributed by atoms with van der Waals surface area (Å²) in [5.74, 6) is -0.865. The van der Waals surface area contributed by atoms with E-state index in [2.05, 4.69) is 5.32 Å². The van der Waals surface area contributed by atoms with Gasteiger partial charge >= 0.3 is 5.97 Å². The van der Waals surface area contributed by atoms with E-state index in [1.165, 1.54) is 24.3 Å². The average Bonchev–Trinajstić information content (AvgIpc) is 2.58. The average molecular weight is 313 g/mol. The zero-order chi connectivity index (χ0) is 16.7. The molecule has 23 heavy (non-hydrogen) atoms. The number of carbonyl (C=O) groups excluding carboxylic acids is 2. The van der Waals surface area contributed by atoms with Crippen molar-refractivity contribution in [2.24, 2.45) is 0 Å². The van der Waals surface area contributed by atoms with Gasteiger partial charge in [0, 0.05) is 6.54 Å². The minimum atomic E-state index is -0.646. The number of nitrogens with one attached hydrogen (secondary N) is 1. The van der Waals surface area contributed by atoms with Crippen LogP contribution in [0.15, 0.2) is 54.6 Å². The first-order chi connectivity index (χ1) is 11.1. The Hall–Kier alpha value is -2.82. The van der Waals surface area contributed by atoms with Crippen LogP contribution < -0.4 is 5.32 Å². The van der Waals surface area contributed by atoms with Crippen LogP contribution in [0.1, 0.15) is 28.8 Å². The molecule has 2 aromatic rings. The molecule has 2 rings (SSSR count). The predicted octanol–water partition coefficient (Wildman–Crippen LogP) is 2.47. The van der Waals surface area contributed by atoms with E-state index in [9.17, 15) is 14.7 Å². The number of aromatic hydroxyl groups is 1. The first kappa shape index (κ1) is 16.5. The molecule has 2 aromatic carbocycles. The van der Waals surface area contributed by atoms with Crippen LogP contribution in [-0.2, 0) is 9.53 Å². The first-order valence-corrected chi connectivity index (χ1v) is 7.34. The van der Waals surface area contributed by atoms with Crippen LogP contribution in [-0.4, -0.2) is 30.1 Å². The topological polar surface area (TPSA) is 75.6 Å². The summed E-state index contributed by atoms with van der Waals surface area (Å²) in [5.41, 5.74) is 1.33. The van der Waals surface area contributed by atoms with E-state index in [0.29, 0.717) is 6.54 Å². The molecular weight excluding hydrogens is 294 g/mol. The third-order valence-electron chi connectivity index (χ3n) is 3.39. The molecule has 0 aliphatic rings. The van der Waals surface area contributed by atoms with Crippen LogP contribution in [0.2, 0.25) is 0 Å². The fourth-order valence-electron chi connectivity index (χ4n) is 2.06. The third-order valence-corrected chi connectivity index (χ3v) is 3.39. The summed E-state index contributed by atoms with van der Waals surface area (Å²) in [5, 5.41) is 12.0. The van der Waals surface area contributed by atoms with E-state index in [4.69, 9.17) is 4.74 Å². The highest BCUT2D eigenvalue weighted by atomic mass is 16.5. The van der Waals surface area contributed by atoms with E-state index < -0.39 is 5.97 Å². The molecule has 0 aliphatic heterocycles. The lowest BCUT2D eigenvalue weighted by Crippen LogP contribution is -2.31. The Morgan fingerprint density at radius 3 is 2.57 bits per heavy atom. The van der Waals surface area contributed by atoms with E-state index in [-0.39, 0.29) is 29.7 Å². The monoisotopic (exact) mass is 313 g/mol. The Balaban J connectivity index is 1.76. The van der Waals surface area contributed by atoms with E-state index in [0.717, 1.165) is 5.56 Å². The number of phenolic OH excluding ortho intramolecular Hbond substituents is 1. The highest BCUT2D eigenvalue weighted by Gasteiger charge is 2.12. The first-order valence-electron chi connectivity index (χ1n) is 7.34. The van der Waals surface area contributed by atoms with Gasteiger partial charge < -0.3 is 15.2 Å². The summed E-state index contributed by atoms with van der Waals surface area (Å²) in [6, 6.07) is 15.6. The van der Waals surface area contributed by atoms with Gasteiger partial charge in [0.2, 0.25) is 0 Å². The number of ether oxygens (including phenoxy) is 1. The lowest BCUT2D eigenvalue weighted by molar-refractivity contribution is -0.124. The van der Waals surface area contributed by atoms with Crippen molar-refractivity contribution in [3.05, 3.63) is 65.7 Å². The molecule has 5 heteroatoms. The van der Waals surface area contributed by atoms with Gasteiger partial charge in [-0.05, 0) is 29.7 Å². The molecule has 1 atom stereocenters. The maximum absolute atomic E-state index is 11.7. The van der Waals surface area contributed by atoms with Crippen LogP contribution in [0.25, 0.3) is 0 Å². The third kappa shape index (κ3) is 5.14. The molecule has 0 unspecified atom stereocenters. The maximum atomic E-state index is 11.7. The SMILES string of the molecule is C[C@H](CNC(=O)COC(=O)c1cccc(O)c1)c1ccccc1. The van der Waals surface area contributed by atoms with Crippen LogP contribution in [0.3, 0.4) is 0 Å². The molecule has 0 radical (unpaired) electrons. The standard InChI is InChI=1S/C18H19NO4/c1-13(14-6-3-2-4-7-14)11-19-17(21)12-23-18(22)15-8-5-9-16(20)10-15/h2-10,13,20H,11-12H2,1H3,(H,19,21)/t13-/m1/s1. The smallest absolute Gasteiger partial charge is 0.338 e. The van der Waals surface area contributed by atoms with Gasteiger partial charge in [-0.1, -0.05) is 43.3 Å². The Bertz CT molecular complexity index is 670. The van der Waals surface area contributed by atoms with Gasteiger partial charge in [-0.2, -0.15) is 0 Å². The highest BCUT2D eigenvalue weighted by molar-refractivity contribution is 5.91. The van der Waals surface area contributed by atoms with E-state index in [1.807, 2.05) is 37.3 Å². The number of rotatable bonds is 6. The molecule has 0 aliphatic carbocycles. The van der Waals surface area contributed by atoms with Crippen LogP contribution in [0.5, 0.6) is 5.75 Å². The van der Waals surface area contributed by atoms with Crippen molar-refractivity contribution in [1.82, 2.24) is 5.32 Å². The second kappa shape index (κ2) is 7.98. The molecule has 120 valence electrons. The summed E-state index contributed by atoms with van der Waals surface area (Å²) in [4.78, 5) is 23.5. The molecular formula is C18H19NO4. The van der Waals surface area contributed by atoms with E-state index in [1.54, 1.807) is 0 Å². The fraction of sp³-hybridized carbons (Fsp3) is 0.222. The van der Waals surface area contributed by atoms with Gasteiger partial charge in [-0.25, -0.2) is 4.79 Å². The minimum absolute atomic E-state index is 0.0272. The Kier molecular flexibility index (Phi) is 5.74. The number of benzene rings is 2. The van der Waals surface area contributed by atoms with Crippen molar-refractivity contribution in [3.8, 4) is 5.75 Å². The molecule has 0 aromatic heterocycles. The van der Waals surface area contributed by atoms with Crippen molar-refractivity contribution in [3.63, 3.8) is 0 Å². The van der Waals surface area contributed by atoms with E-state index >= 15 is 0 Å². The molecule has 2 N–H and O–H groups in total. The van der Waals surface area contributed by atoms with Crippen molar-refractivity contribution in [2.75, 3.05) is 13.2 Å². The molecule has 1 amide bonds. The largest absolute Gasteiger partial charge is 0.508 e. The number of hydrogen-bond acceptors (Lipinski definition) is 4. The van der Waals surface area contributed by atoms with Crippen LogP contribution in [0, 0.1) is 0 Å².